The summed E-state index contributed by atoms with van der Waals surface area (Å²) in [7, 11) is 0. The number of hydrogen-bond donors (Lipinski definition) is 2. The van der Waals surface area contributed by atoms with Gasteiger partial charge in [-0.05, 0) is 46.9 Å². The molecule has 0 saturated heterocycles. The van der Waals surface area contributed by atoms with Crippen molar-refractivity contribution in [3.63, 3.8) is 0 Å². The van der Waals surface area contributed by atoms with Gasteiger partial charge in [-0.1, -0.05) is 23.2 Å². The highest BCUT2D eigenvalue weighted by Crippen LogP contribution is 2.27. The van der Waals surface area contributed by atoms with E-state index in [-0.39, 0.29) is 16.5 Å². The number of rotatable bonds is 3. The van der Waals surface area contributed by atoms with Crippen LogP contribution in [0.3, 0.4) is 0 Å². The number of halogens is 3. The van der Waals surface area contributed by atoms with Gasteiger partial charge in [0.2, 0.25) is 0 Å². The highest BCUT2D eigenvalue weighted by molar-refractivity contribution is 14.1. The topological polar surface area (TPSA) is 74.6 Å². The van der Waals surface area contributed by atoms with Gasteiger partial charge in [-0.15, -0.1) is 0 Å². The number of phenols is 1. The third kappa shape index (κ3) is 4.05. The van der Waals surface area contributed by atoms with Crippen molar-refractivity contribution in [2.75, 3.05) is 0 Å². The SMILES string of the molecule is O=C(N/N=C/c1cc(Cl)cc(I)c1O)c1cccnc1Cl. The number of hydrogen-bond acceptors (Lipinski definition) is 4. The lowest BCUT2D eigenvalue weighted by Crippen LogP contribution is -2.18. The summed E-state index contributed by atoms with van der Waals surface area (Å²) in [6.07, 6.45) is 2.78. The number of hydrazone groups is 1. The molecule has 108 valence electrons. The molecule has 2 N–H and O–H groups in total. The normalized spacial score (nSPS) is 10.8. The van der Waals surface area contributed by atoms with Gasteiger partial charge in [0.05, 0.1) is 15.3 Å². The summed E-state index contributed by atoms with van der Waals surface area (Å²) in [6.45, 7) is 0. The Bertz CT molecular complexity index is 723. The Kier molecular flexibility index (Phi) is 5.38. The second kappa shape index (κ2) is 7.06. The predicted octanol–water partition coefficient (Wildman–Crippen LogP) is 3.46. The van der Waals surface area contributed by atoms with Gasteiger partial charge in [-0.25, -0.2) is 10.4 Å². The number of carbonyl (C=O) groups is 1. The molecule has 0 radical (unpaired) electrons. The predicted molar refractivity (Wildman–Crippen MR) is 90.1 cm³/mol. The van der Waals surface area contributed by atoms with Crippen molar-refractivity contribution in [2.24, 2.45) is 5.10 Å². The minimum atomic E-state index is -0.499. The lowest BCUT2D eigenvalue weighted by atomic mass is 10.2. The quantitative estimate of drug-likeness (QED) is 0.335. The molecule has 1 aromatic heterocycles. The molecule has 8 heteroatoms. The van der Waals surface area contributed by atoms with Gasteiger partial charge in [0, 0.05) is 16.8 Å². The number of nitrogens with one attached hydrogen (secondary N) is 1. The van der Waals surface area contributed by atoms with Gasteiger partial charge in [-0.3, -0.25) is 4.79 Å². The zero-order valence-electron chi connectivity index (χ0n) is 10.3. The van der Waals surface area contributed by atoms with Gasteiger partial charge in [0.25, 0.3) is 5.91 Å². The smallest absolute Gasteiger partial charge is 0.274 e. The summed E-state index contributed by atoms with van der Waals surface area (Å²) in [5.74, 6) is -0.460. The Morgan fingerprint density at radius 1 is 1.43 bits per heavy atom. The zero-order valence-corrected chi connectivity index (χ0v) is 14.0. The molecule has 21 heavy (non-hydrogen) atoms. The fourth-order valence-corrected chi connectivity index (χ4v) is 2.72. The van der Waals surface area contributed by atoms with Crippen LogP contribution < -0.4 is 5.43 Å². The second-order valence-corrected chi connectivity index (χ2v) is 5.82. The van der Waals surface area contributed by atoms with Gasteiger partial charge < -0.3 is 5.11 Å². The van der Waals surface area contributed by atoms with Crippen molar-refractivity contribution in [1.82, 2.24) is 10.4 Å². The van der Waals surface area contributed by atoms with Crippen molar-refractivity contribution >= 4 is 57.9 Å². The molecule has 1 aromatic carbocycles. The molecule has 0 atom stereocenters. The molecule has 2 rings (SSSR count). The fourth-order valence-electron chi connectivity index (χ4n) is 1.46. The fraction of sp³-hybridized carbons (Fsp3) is 0. The van der Waals surface area contributed by atoms with Crippen LogP contribution >= 0.6 is 45.8 Å². The molecule has 0 aliphatic heterocycles. The molecule has 1 amide bonds. The maximum absolute atomic E-state index is 11.8. The third-order valence-electron chi connectivity index (χ3n) is 2.43. The average Bonchev–Trinajstić information content (AvgIpc) is 2.44. The maximum Gasteiger partial charge on any atom is 0.274 e. The van der Waals surface area contributed by atoms with Crippen molar-refractivity contribution in [1.29, 1.82) is 0 Å². The first-order valence-electron chi connectivity index (χ1n) is 5.61. The molecule has 2 aromatic rings. The number of pyridine rings is 1. The van der Waals surface area contributed by atoms with E-state index in [0.29, 0.717) is 14.2 Å². The van der Waals surface area contributed by atoms with E-state index in [0.717, 1.165) is 0 Å². The zero-order chi connectivity index (χ0) is 15.4. The van der Waals surface area contributed by atoms with Crippen molar-refractivity contribution < 1.29 is 9.90 Å². The summed E-state index contributed by atoms with van der Waals surface area (Å²) < 4.78 is 0.586. The molecule has 0 spiro atoms. The maximum atomic E-state index is 11.8. The minimum absolute atomic E-state index is 0.0393. The summed E-state index contributed by atoms with van der Waals surface area (Å²) in [5, 5.41) is 14.2. The van der Waals surface area contributed by atoms with Crippen LogP contribution in [0.4, 0.5) is 0 Å². The van der Waals surface area contributed by atoms with Gasteiger partial charge >= 0.3 is 0 Å². The number of aromatic nitrogens is 1. The number of amides is 1. The molecule has 0 aliphatic rings. The summed E-state index contributed by atoms with van der Waals surface area (Å²) >= 11 is 13.6. The summed E-state index contributed by atoms with van der Waals surface area (Å²) in [6, 6.07) is 6.27. The Morgan fingerprint density at radius 2 is 2.19 bits per heavy atom. The van der Waals surface area contributed by atoms with E-state index in [2.05, 4.69) is 15.5 Å². The lowest BCUT2D eigenvalue weighted by Gasteiger charge is -2.03. The molecule has 0 fully saturated rings. The van der Waals surface area contributed by atoms with E-state index in [4.69, 9.17) is 23.2 Å². The van der Waals surface area contributed by atoms with Crippen LogP contribution in [0.15, 0.2) is 35.6 Å². The van der Waals surface area contributed by atoms with Crippen LogP contribution in [-0.4, -0.2) is 22.2 Å². The Labute approximate surface area is 144 Å². The Hall–Kier alpha value is -1.38. The molecule has 0 saturated carbocycles. The summed E-state index contributed by atoms with van der Waals surface area (Å²) in [4.78, 5) is 15.6. The van der Waals surface area contributed by atoms with E-state index in [1.54, 1.807) is 12.1 Å². The van der Waals surface area contributed by atoms with Crippen LogP contribution in [0, 0.1) is 3.57 Å². The molecule has 1 heterocycles. The molecule has 0 bridgehead atoms. The van der Waals surface area contributed by atoms with Crippen molar-refractivity contribution in [3.8, 4) is 5.75 Å². The standard InChI is InChI=1S/C13H8Cl2IN3O2/c14-8-4-7(11(20)10(16)5-8)6-18-19-13(21)9-2-1-3-17-12(9)15/h1-6,20H,(H,19,21)/b18-6+. The van der Waals surface area contributed by atoms with Gasteiger partial charge in [0.1, 0.15) is 10.9 Å². The van der Waals surface area contributed by atoms with Crippen molar-refractivity contribution in [2.45, 2.75) is 0 Å². The number of phenolic OH excluding ortho intramolecular Hbond substituents is 1. The molecular weight excluding hydrogens is 428 g/mol. The van der Waals surface area contributed by atoms with Crippen LogP contribution in [0.25, 0.3) is 0 Å². The van der Waals surface area contributed by atoms with E-state index >= 15 is 0 Å². The number of aromatic hydroxyl groups is 1. The molecule has 0 aliphatic carbocycles. The molecular formula is C13H8Cl2IN3O2. The first kappa shape index (κ1) is 16.0. The third-order valence-corrected chi connectivity index (χ3v) is 3.77. The number of benzene rings is 1. The first-order chi connectivity index (χ1) is 9.99. The largest absolute Gasteiger partial charge is 0.506 e. The number of carbonyl (C=O) groups excluding carboxylic acids is 1. The highest BCUT2D eigenvalue weighted by atomic mass is 127. The second-order valence-electron chi connectivity index (χ2n) is 3.87. The average molecular weight is 436 g/mol. The Morgan fingerprint density at radius 3 is 2.90 bits per heavy atom. The minimum Gasteiger partial charge on any atom is -0.506 e. The number of nitrogens with zero attached hydrogens (tertiary/aromatic N) is 2. The summed E-state index contributed by atoms with van der Waals surface area (Å²) in [5.41, 5.74) is 2.91. The van der Waals surface area contributed by atoms with E-state index in [9.17, 15) is 9.90 Å². The monoisotopic (exact) mass is 435 g/mol. The molecule has 0 unspecified atom stereocenters. The van der Waals surface area contributed by atoms with Crippen LogP contribution in [-0.2, 0) is 0 Å². The van der Waals surface area contributed by atoms with Crippen LogP contribution in [0.2, 0.25) is 10.2 Å². The van der Waals surface area contributed by atoms with E-state index in [1.165, 1.54) is 24.5 Å². The Balaban J connectivity index is 2.13. The van der Waals surface area contributed by atoms with Crippen LogP contribution in [0.5, 0.6) is 5.75 Å². The van der Waals surface area contributed by atoms with Gasteiger partial charge in [-0.2, -0.15) is 5.10 Å². The highest BCUT2D eigenvalue weighted by Gasteiger charge is 2.10. The van der Waals surface area contributed by atoms with E-state index < -0.39 is 5.91 Å². The lowest BCUT2D eigenvalue weighted by molar-refractivity contribution is 0.0955. The molecule has 5 nitrogen and oxygen atoms in total. The first-order valence-corrected chi connectivity index (χ1v) is 7.44. The van der Waals surface area contributed by atoms with Crippen LogP contribution in [0.1, 0.15) is 15.9 Å². The van der Waals surface area contributed by atoms with Gasteiger partial charge in [0.15, 0.2) is 0 Å². The van der Waals surface area contributed by atoms with E-state index in [1.807, 2.05) is 22.6 Å². The van der Waals surface area contributed by atoms with Crippen molar-refractivity contribution in [3.05, 3.63) is 55.3 Å².